The minimum Gasteiger partial charge on any atom is -0.305 e. The largest absolute Gasteiger partial charge is 0.305 e. The summed E-state index contributed by atoms with van der Waals surface area (Å²) in [5, 5.41) is 0. The standard InChI is InChI=1S/C9H7BFNO2/c1-12-7-5(8(13)9(12)14)2-4(10)3-6(7)11/h2-3H,10H2,1H3. The Morgan fingerprint density at radius 3 is 2.64 bits per heavy atom. The highest BCUT2D eigenvalue weighted by Gasteiger charge is 2.35. The zero-order valence-electron chi connectivity index (χ0n) is 7.80. The van der Waals surface area contributed by atoms with Crippen molar-refractivity contribution in [2.24, 2.45) is 0 Å². The predicted octanol–water partition coefficient (Wildman–Crippen LogP) is -0.757. The molecule has 1 aromatic rings. The molecule has 0 saturated heterocycles. The van der Waals surface area contributed by atoms with Crippen molar-refractivity contribution < 1.29 is 14.0 Å². The number of likely N-dealkylation sites (N-methyl/N-ethyl adjacent to an activating group) is 1. The van der Waals surface area contributed by atoms with Crippen molar-refractivity contribution in [2.75, 3.05) is 11.9 Å². The van der Waals surface area contributed by atoms with Crippen molar-refractivity contribution in [2.45, 2.75) is 0 Å². The van der Waals surface area contributed by atoms with Gasteiger partial charge in [0.1, 0.15) is 13.7 Å². The number of amides is 1. The van der Waals surface area contributed by atoms with Crippen LogP contribution in [0, 0.1) is 5.82 Å². The lowest BCUT2D eigenvalue weighted by Crippen LogP contribution is -2.25. The summed E-state index contributed by atoms with van der Waals surface area (Å²) in [5.41, 5.74) is 0.887. The molecule has 3 nitrogen and oxygen atoms in total. The molecule has 0 aliphatic carbocycles. The number of carbonyl (C=O) groups excluding carboxylic acids is 2. The van der Waals surface area contributed by atoms with Crippen LogP contribution in [0.3, 0.4) is 0 Å². The Balaban J connectivity index is 2.75. The Morgan fingerprint density at radius 2 is 2.00 bits per heavy atom. The molecule has 0 spiro atoms. The van der Waals surface area contributed by atoms with Crippen molar-refractivity contribution in [3.05, 3.63) is 23.5 Å². The first-order valence-electron chi connectivity index (χ1n) is 4.15. The van der Waals surface area contributed by atoms with Crippen LogP contribution < -0.4 is 10.4 Å². The molecular formula is C9H7BFNO2. The van der Waals surface area contributed by atoms with E-state index in [-0.39, 0.29) is 11.3 Å². The maximum absolute atomic E-state index is 13.4. The molecule has 0 atom stereocenters. The lowest BCUT2D eigenvalue weighted by atomic mass is 9.93. The molecule has 0 radical (unpaired) electrons. The smallest absolute Gasteiger partial charge is 0.299 e. The van der Waals surface area contributed by atoms with Gasteiger partial charge in [0.05, 0.1) is 11.3 Å². The summed E-state index contributed by atoms with van der Waals surface area (Å²) in [5.74, 6) is -1.84. The average molecular weight is 191 g/mol. The van der Waals surface area contributed by atoms with Crippen LogP contribution in [-0.2, 0) is 4.79 Å². The number of hydrogen-bond donors (Lipinski definition) is 0. The monoisotopic (exact) mass is 191 g/mol. The number of rotatable bonds is 0. The maximum Gasteiger partial charge on any atom is 0.299 e. The van der Waals surface area contributed by atoms with Crippen LogP contribution >= 0.6 is 0 Å². The van der Waals surface area contributed by atoms with Gasteiger partial charge in [0, 0.05) is 7.05 Å². The molecule has 1 heterocycles. The van der Waals surface area contributed by atoms with Gasteiger partial charge in [-0.3, -0.25) is 9.59 Å². The van der Waals surface area contributed by atoms with Crippen molar-refractivity contribution in [3.8, 4) is 0 Å². The topological polar surface area (TPSA) is 37.4 Å². The van der Waals surface area contributed by atoms with Crippen LogP contribution in [0.2, 0.25) is 0 Å². The van der Waals surface area contributed by atoms with Gasteiger partial charge in [-0.05, 0) is 6.07 Å². The number of Topliss-reactive ketones (excluding diaryl/α,β-unsaturated/α-hetero) is 1. The summed E-state index contributed by atoms with van der Waals surface area (Å²) in [4.78, 5) is 23.6. The SMILES string of the molecule is Bc1cc(F)c2c(c1)C(=O)C(=O)N2C. The summed E-state index contributed by atoms with van der Waals surface area (Å²) >= 11 is 0. The Labute approximate surface area is 80.9 Å². The predicted molar refractivity (Wildman–Crippen MR) is 52.3 cm³/mol. The number of ketones is 1. The number of anilines is 1. The van der Waals surface area contributed by atoms with Gasteiger partial charge in [-0.1, -0.05) is 11.5 Å². The van der Waals surface area contributed by atoms with Crippen LogP contribution in [0.1, 0.15) is 10.4 Å². The van der Waals surface area contributed by atoms with Gasteiger partial charge < -0.3 is 4.90 Å². The molecule has 1 aromatic carbocycles. The van der Waals surface area contributed by atoms with Crippen LogP contribution in [-0.4, -0.2) is 26.6 Å². The molecule has 0 fully saturated rings. The molecule has 0 aromatic heterocycles. The van der Waals surface area contributed by atoms with Gasteiger partial charge >= 0.3 is 0 Å². The van der Waals surface area contributed by atoms with Crippen molar-refractivity contribution >= 4 is 30.7 Å². The second-order valence-corrected chi connectivity index (χ2v) is 3.34. The molecular weight excluding hydrogens is 184 g/mol. The van der Waals surface area contributed by atoms with Gasteiger partial charge in [-0.2, -0.15) is 0 Å². The average Bonchev–Trinajstić information content (AvgIpc) is 2.31. The van der Waals surface area contributed by atoms with Gasteiger partial charge in [0.15, 0.2) is 0 Å². The Bertz CT molecular complexity index is 458. The van der Waals surface area contributed by atoms with E-state index in [4.69, 9.17) is 0 Å². The highest BCUT2D eigenvalue weighted by atomic mass is 19.1. The van der Waals surface area contributed by atoms with Crippen LogP contribution in [0.4, 0.5) is 10.1 Å². The first-order valence-corrected chi connectivity index (χ1v) is 4.15. The summed E-state index contributed by atoms with van der Waals surface area (Å²) < 4.78 is 13.4. The van der Waals surface area contributed by atoms with E-state index in [1.807, 2.05) is 0 Å². The Hall–Kier alpha value is -1.65. The highest BCUT2D eigenvalue weighted by molar-refractivity contribution is 6.52. The zero-order valence-corrected chi connectivity index (χ0v) is 7.80. The zero-order chi connectivity index (χ0) is 10.5. The van der Waals surface area contributed by atoms with E-state index >= 15 is 0 Å². The van der Waals surface area contributed by atoms with E-state index < -0.39 is 17.5 Å². The van der Waals surface area contributed by atoms with E-state index in [9.17, 15) is 14.0 Å². The summed E-state index contributed by atoms with van der Waals surface area (Å²) in [6.45, 7) is 0. The first-order chi connectivity index (χ1) is 6.52. The molecule has 0 unspecified atom stereocenters. The summed E-state index contributed by atoms with van der Waals surface area (Å²) in [7, 11) is 3.07. The third kappa shape index (κ3) is 0.983. The van der Waals surface area contributed by atoms with Gasteiger partial charge in [0.2, 0.25) is 0 Å². The third-order valence-electron chi connectivity index (χ3n) is 2.29. The van der Waals surface area contributed by atoms with Crippen LogP contribution in [0.15, 0.2) is 12.1 Å². The second kappa shape index (κ2) is 2.67. The molecule has 1 aliphatic heterocycles. The van der Waals surface area contributed by atoms with E-state index in [2.05, 4.69) is 0 Å². The van der Waals surface area contributed by atoms with Crippen molar-refractivity contribution in [1.82, 2.24) is 0 Å². The van der Waals surface area contributed by atoms with E-state index in [1.165, 1.54) is 19.2 Å². The minimum atomic E-state index is -0.676. The number of nitrogens with zero attached hydrogens (tertiary/aromatic N) is 1. The van der Waals surface area contributed by atoms with Gasteiger partial charge in [-0.15, -0.1) is 0 Å². The quantitative estimate of drug-likeness (QED) is 0.399. The molecule has 14 heavy (non-hydrogen) atoms. The highest BCUT2D eigenvalue weighted by Crippen LogP contribution is 2.29. The maximum atomic E-state index is 13.4. The number of hydrogen-bond acceptors (Lipinski definition) is 2. The fourth-order valence-electron chi connectivity index (χ4n) is 1.62. The number of halogens is 1. The third-order valence-corrected chi connectivity index (χ3v) is 2.29. The normalized spacial score (nSPS) is 14.9. The summed E-state index contributed by atoms with van der Waals surface area (Å²) in [6, 6.07) is 2.84. The lowest BCUT2D eigenvalue weighted by molar-refractivity contribution is -0.114. The molecule has 0 bridgehead atoms. The fourth-order valence-corrected chi connectivity index (χ4v) is 1.62. The Kier molecular flexibility index (Phi) is 1.70. The second-order valence-electron chi connectivity index (χ2n) is 3.34. The van der Waals surface area contributed by atoms with Crippen LogP contribution in [0.5, 0.6) is 0 Å². The number of fused-ring (bicyclic) bond motifs is 1. The molecule has 5 heteroatoms. The molecule has 1 aliphatic rings. The fraction of sp³-hybridized carbons (Fsp3) is 0.111. The van der Waals surface area contributed by atoms with E-state index in [0.717, 1.165) is 4.90 Å². The van der Waals surface area contributed by atoms with Crippen LogP contribution in [0.25, 0.3) is 0 Å². The van der Waals surface area contributed by atoms with Crippen molar-refractivity contribution in [1.29, 1.82) is 0 Å². The Morgan fingerprint density at radius 1 is 1.36 bits per heavy atom. The van der Waals surface area contributed by atoms with Gasteiger partial charge in [-0.25, -0.2) is 4.39 Å². The van der Waals surface area contributed by atoms with Crippen molar-refractivity contribution in [3.63, 3.8) is 0 Å². The molecule has 2 rings (SSSR count). The van der Waals surface area contributed by atoms with E-state index in [1.54, 1.807) is 7.85 Å². The first kappa shape index (κ1) is 8.93. The van der Waals surface area contributed by atoms with E-state index in [0.29, 0.717) is 5.46 Å². The molecule has 70 valence electrons. The number of carbonyl (C=O) groups is 2. The molecule has 0 N–H and O–H groups in total. The summed E-state index contributed by atoms with van der Waals surface area (Å²) in [6.07, 6.45) is 0. The minimum absolute atomic E-state index is 0.0885. The van der Waals surface area contributed by atoms with Gasteiger partial charge in [0.25, 0.3) is 11.7 Å². The lowest BCUT2D eigenvalue weighted by Gasteiger charge is -2.09. The number of benzene rings is 1. The molecule has 1 amide bonds. The molecule has 0 saturated carbocycles.